The zero-order valence-corrected chi connectivity index (χ0v) is 7.69. The number of rotatable bonds is 1. The Bertz CT molecular complexity index is 246. The van der Waals surface area contributed by atoms with E-state index in [-0.39, 0.29) is 11.7 Å². The van der Waals surface area contributed by atoms with E-state index in [1.807, 2.05) is 0 Å². The molecule has 7 nitrogen and oxygen atoms in total. The first-order valence-corrected chi connectivity index (χ1v) is 3.68. The molecule has 0 atom stereocenters. The fourth-order valence-electron chi connectivity index (χ4n) is 0.625. The number of aliphatic imine (C=N–C) groups is 1. The quantitative estimate of drug-likeness (QED) is 0.196. The zero-order valence-electron chi connectivity index (χ0n) is 7.69. The lowest BCUT2D eigenvalue weighted by Crippen LogP contribution is -2.45. The largest absolute Gasteiger partial charge is 0.379 e. The second-order valence-corrected chi connectivity index (χ2v) is 2.25. The van der Waals surface area contributed by atoms with Crippen LogP contribution in [0.25, 0.3) is 0 Å². The molecule has 0 aliphatic rings. The SMILES string of the molecule is CCN(N)C(=NC(C)=O)C(N)=NN. The van der Waals surface area contributed by atoms with Crippen LogP contribution in [-0.2, 0) is 4.79 Å². The summed E-state index contributed by atoms with van der Waals surface area (Å²) < 4.78 is 0. The minimum Gasteiger partial charge on any atom is -0.379 e. The van der Waals surface area contributed by atoms with Gasteiger partial charge in [0, 0.05) is 13.5 Å². The van der Waals surface area contributed by atoms with Crippen LogP contribution >= 0.6 is 0 Å². The average molecular weight is 186 g/mol. The molecule has 0 heterocycles. The summed E-state index contributed by atoms with van der Waals surface area (Å²) in [4.78, 5) is 14.2. The van der Waals surface area contributed by atoms with Gasteiger partial charge < -0.3 is 11.6 Å². The van der Waals surface area contributed by atoms with Gasteiger partial charge in [-0.1, -0.05) is 0 Å². The van der Waals surface area contributed by atoms with Crippen molar-refractivity contribution in [2.45, 2.75) is 13.8 Å². The number of hydrazone groups is 1. The number of likely N-dealkylation sites (N-methyl/N-ethyl adjacent to an activating group) is 1. The number of amides is 1. The third-order valence-electron chi connectivity index (χ3n) is 1.24. The first-order valence-electron chi connectivity index (χ1n) is 3.68. The molecule has 0 aromatic carbocycles. The van der Waals surface area contributed by atoms with Crippen LogP contribution in [0.3, 0.4) is 0 Å². The molecule has 0 bridgehead atoms. The van der Waals surface area contributed by atoms with E-state index in [4.69, 9.17) is 17.4 Å². The van der Waals surface area contributed by atoms with Crippen molar-refractivity contribution in [2.75, 3.05) is 6.54 Å². The predicted molar refractivity (Wildman–Crippen MR) is 50.5 cm³/mol. The van der Waals surface area contributed by atoms with Crippen LogP contribution in [0.5, 0.6) is 0 Å². The zero-order chi connectivity index (χ0) is 10.4. The smallest absolute Gasteiger partial charge is 0.244 e. The molecule has 1 amide bonds. The number of carbonyl (C=O) groups excluding carboxylic acids is 1. The molecule has 0 rings (SSSR count). The minimum atomic E-state index is -0.412. The Morgan fingerprint density at radius 1 is 1.54 bits per heavy atom. The summed E-state index contributed by atoms with van der Waals surface area (Å²) in [6.07, 6.45) is 0. The van der Waals surface area contributed by atoms with E-state index in [9.17, 15) is 4.79 Å². The van der Waals surface area contributed by atoms with Crippen LogP contribution in [0.4, 0.5) is 0 Å². The Morgan fingerprint density at radius 3 is 2.38 bits per heavy atom. The van der Waals surface area contributed by atoms with Crippen molar-refractivity contribution >= 4 is 17.6 Å². The van der Waals surface area contributed by atoms with Gasteiger partial charge in [0.2, 0.25) is 5.91 Å². The minimum absolute atomic E-state index is 0.0699. The summed E-state index contributed by atoms with van der Waals surface area (Å²) in [5, 5.41) is 4.39. The molecule has 0 aliphatic heterocycles. The van der Waals surface area contributed by atoms with E-state index >= 15 is 0 Å². The molecule has 0 saturated heterocycles. The van der Waals surface area contributed by atoms with Gasteiger partial charge in [-0.05, 0) is 6.92 Å². The molecule has 0 saturated carbocycles. The molecule has 0 aromatic heterocycles. The number of carbonyl (C=O) groups is 1. The van der Waals surface area contributed by atoms with Gasteiger partial charge in [-0.25, -0.2) is 5.84 Å². The predicted octanol–water partition coefficient (Wildman–Crippen LogP) is -1.64. The molecule has 13 heavy (non-hydrogen) atoms. The van der Waals surface area contributed by atoms with E-state index in [1.165, 1.54) is 11.9 Å². The number of amidine groups is 2. The van der Waals surface area contributed by atoms with Crippen LogP contribution in [0, 0.1) is 0 Å². The lowest BCUT2D eigenvalue weighted by molar-refractivity contribution is -0.115. The molecule has 6 N–H and O–H groups in total. The van der Waals surface area contributed by atoms with E-state index in [2.05, 4.69) is 10.1 Å². The Morgan fingerprint density at radius 2 is 2.08 bits per heavy atom. The Labute approximate surface area is 76.2 Å². The van der Waals surface area contributed by atoms with Gasteiger partial charge in [0.1, 0.15) is 0 Å². The maximum Gasteiger partial charge on any atom is 0.244 e. The molecular formula is C6H14N6O. The molecule has 0 spiro atoms. The van der Waals surface area contributed by atoms with Crippen LogP contribution < -0.4 is 17.4 Å². The number of nitrogens with zero attached hydrogens (tertiary/aromatic N) is 3. The molecular weight excluding hydrogens is 172 g/mol. The van der Waals surface area contributed by atoms with E-state index in [0.29, 0.717) is 6.54 Å². The number of hydrazine groups is 1. The monoisotopic (exact) mass is 186 g/mol. The van der Waals surface area contributed by atoms with E-state index in [1.54, 1.807) is 6.92 Å². The van der Waals surface area contributed by atoms with Crippen LogP contribution in [0.1, 0.15) is 13.8 Å². The van der Waals surface area contributed by atoms with Gasteiger partial charge in [-0.15, -0.1) is 0 Å². The highest BCUT2D eigenvalue weighted by Crippen LogP contribution is 1.86. The summed E-state index contributed by atoms with van der Waals surface area (Å²) in [5.41, 5.74) is 5.36. The summed E-state index contributed by atoms with van der Waals surface area (Å²) in [6.45, 7) is 3.51. The summed E-state index contributed by atoms with van der Waals surface area (Å²) in [7, 11) is 0. The van der Waals surface area contributed by atoms with Crippen molar-refractivity contribution in [3.8, 4) is 0 Å². The maximum atomic E-state index is 10.7. The summed E-state index contributed by atoms with van der Waals surface area (Å²) in [5.74, 6) is 10.0. The van der Waals surface area contributed by atoms with Crippen molar-refractivity contribution in [3.63, 3.8) is 0 Å². The Balaban J connectivity index is 4.86. The second-order valence-electron chi connectivity index (χ2n) is 2.25. The molecule has 0 fully saturated rings. The molecule has 0 aromatic rings. The van der Waals surface area contributed by atoms with Crippen molar-refractivity contribution in [3.05, 3.63) is 0 Å². The van der Waals surface area contributed by atoms with Gasteiger partial charge in [-0.3, -0.25) is 9.80 Å². The summed E-state index contributed by atoms with van der Waals surface area (Å²) in [6, 6.07) is 0. The van der Waals surface area contributed by atoms with E-state index < -0.39 is 5.91 Å². The van der Waals surface area contributed by atoms with Crippen LogP contribution in [0.2, 0.25) is 0 Å². The summed E-state index contributed by atoms with van der Waals surface area (Å²) >= 11 is 0. The normalized spacial score (nSPS) is 12.8. The van der Waals surface area contributed by atoms with Crippen LogP contribution in [-0.4, -0.2) is 29.1 Å². The average Bonchev–Trinajstić information content (AvgIpc) is 2.11. The fraction of sp³-hybridized carbons (Fsp3) is 0.500. The van der Waals surface area contributed by atoms with Crippen molar-refractivity contribution in [1.29, 1.82) is 0 Å². The Hall–Kier alpha value is -1.63. The molecule has 7 heteroatoms. The lowest BCUT2D eigenvalue weighted by atomic mass is 10.5. The molecule has 0 aliphatic carbocycles. The first kappa shape index (κ1) is 11.4. The highest BCUT2D eigenvalue weighted by molar-refractivity contribution is 6.40. The molecule has 74 valence electrons. The van der Waals surface area contributed by atoms with Gasteiger partial charge in [0.05, 0.1) is 0 Å². The van der Waals surface area contributed by atoms with Crippen molar-refractivity contribution in [1.82, 2.24) is 5.01 Å². The van der Waals surface area contributed by atoms with Crippen molar-refractivity contribution in [2.24, 2.45) is 27.5 Å². The lowest BCUT2D eigenvalue weighted by Gasteiger charge is -2.16. The van der Waals surface area contributed by atoms with Gasteiger partial charge in [0.15, 0.2) is 11.7 Å². The first-order chi connectivity index (χ1) is 6.02. The third-order valence-corrected chi connectivity index (χ3v) is 1.24. The van der Waals surface area contributed by atoms with Gasteiger partial charge in [-0.2, -0.15) is 10.1 Å². The highest BCUT2D eigenvalue weighted by Gasteiger charge is 2.10. The molecule has 0 radical (unpaired) electrons. The Kier molecular flexibility index (Phi) is 4.45. The van der Waals surface area contributed by atoms with E-state index in [0.717, 1.165) is 0 Å². The van der Waals surface area contributed by atoms with Gasteiger partial charge in [0.25, 0.3) is 0 Å². The van der Waals surface area contributed by atoms with Crippen molar-refractivity contribution < 1.29 is 4.79 Å². The third kappa shape index (κ3) is 3.52. The number of hydrogen-bond donors (Lipinski definition) is 3. The fourth-order valence-corrected chi connectivity index (χ4v) is 0.625. The number of nitrogens with two attached hydrogens (primary N) is 3. The number of hydrogen-bond acceptors (Lipinski definition) is 4. The second kappa shape index (κ2) is 5.09. The van der Waals surface area contributed by atoms with Crippen LogP contribution in [0.15, 0.2) is 10.1 Å². The highest BCUT2D eigenvalue weighted by atomic mass is 16.1. The standard InChI is InChI=1S/C6H14N6O/c1-3-12(9)6(5(7)11-8)10-4(2)13/h3,8-9H2,1-2H3,(H2,7,11). The topological polar surface area (TPSA) is 123 Å². The van der Waals surface area contributed by atoms with Gasteiger partial charge >= 0.3 is 0 Å². The maximum absolute atomic E-state index is 10.7. The molecule has 0 unspecified atom stereocenters.